The molecule has 0 aromatic rings. The molecule has 2 rings (SSSR count). The molecule has 2 aliphatic carbocycles. The zero-order valence-corrected chi connectivity index (χ0v) is 11.6. The molecule has 0 spiro atoms. The van der Waals surface area contributed by atoms with Crippen LogP contribution in [0.3, 0.4) is 0 Å². The van der Waals surface area contributed by atoms with Gasteiger partial charge in [-0.1, -0.05) is 37.3 Å². The number of rotatable bonds is 4. The first-order chi connectivity index (χ1) is 9.22. The molecule has 3 nitrogen and oxygen atoms in total. The minimum absolute atomic E-state index is 0.250. The maximum Gasteiger partial charge on any atom is 0.384 e. The molecule has 0 radical (unpaired) electrons. The number of hydrogen-bond acceptors (Lipinski definition) is 3. The molecule has 0 aliphatic heterocycles. The Morgan fingerprint density at radius 3 is 2.68 bits per heavy atom. The molecule has 0 heterocycles. The van der Waals surface area contributed by atoms with Crippen molar-refractivity contribution < 1.29 is 14.3 Å². The predicted octanol–water partition coefficient (Wildman–Crippen LogP) is 2.70. The second-order valence-corrected chi connectivity index (χ2v) is 5.44. The number of carbonyl (C=O) groups is 1. The monoisotopic (exact) mass is 262 g/mol. The lowest BCUT2D eigenvalue weighted by Gasteiger charge is -2.29. The van der Waals surface area contributed by atoms with Gasteiger partial charge < -0.3 is 9.47 Å². The van der Waals surface area contributed by atoms with Gasteiger partial charge in [-0.2, -0.15) is 0 Å². The summed E-state index contributed by atoms with van der Waals surface area (Å²) in [6.07, 6.45) is 7.79. The van der Waals surface area contributed by atoms with Gasteiger partial charge in [0.25, 0.3) is 0 Å². The van der Waals surface area contributed by atoms with Gasteiger partial charge in [0.1, 0.15) is 6.61 Å². The summed E-state index contributed by atoms with van der Waals surface area (Å²) < 4.78 is 10.4. The van der Waals surface area contributed by atoms with Crippen molar-refractivity contribution >= 4 is 5.97 Å². The van der Waals surface area contributed by atoms with E-state index in [0.717, 1.165) is 6.42 Å². The standard InChI is InChI=1S/C16H22O3/c1-12-11-14(12)16(13-7-4-3-5-8-13)19-10-6-9-15(17)18-2/h13-14,16H,1,3-5,7-8,10-11H2,2H3/t14-,16-/m1/s1. The van der Waals surface area contributed by atoms with Crippen LogP contribution >= 0.6 is 0 Å². The van der Waals surface area contributed by atoms with Crippen molar-refractivity contribution in [2.45, 2.75) is 44.6 Å². The van der Waals surface area contributed by atoms with Crippen molar-refractivity contribution in [3.05, 3.63) is 12.2 Å². The molecule has 0 aromatic heterocycles. The van der Waals surface area contributed by atoms with Crippen LogP contribution in [0.4, 0.5) is 0 Å². The highest BCUT2D eigenvalue weighted by molar-refractivity contribution is 5.88. The predicted molar refractivity (Wildman–Crippen MR) is 73.4 cm³/mol. The summed E-state index contributed by atoms with van der Waals surface area (Å²) in [6, 6.07) is 0. The lowest BCUT2D eigenvalue weighted by molar-refractivity contribution is -0.133. The Bertz CT molecular complexity index is 396. The van der Waals surface area contributed by atoms with Gasteiger partial charge in [-0.15, -0.1) is 0 Å². The molecule has 3 heteroatoms. The van der Waals surface area contributed by atoms with Crippen molar-refractivity contribution in [2.24, 2.45) is 11.8 Å². The van der Waals surface area contributed by atoms with E-state index in [4.69, 9.17) is 4.74 Å². The number of ether oxygens (including phenoxy) is 2. The Morgan fingerprint density at radius 2 is 2.11 bits per heavy atom. The number of methoxy groups -OCH3 is 1. The molecule has 2 saturated carbocycles. The zero-order valence-electron chi connectivity index (χ0n) is 11.6. The normalized spacial score (nSPS) is 24.3. The third-order valence-electron chi connectivity index (χ3n) is 4.08. The lowest BCUT2D eigenvalue weighted by atomic mass is 9.83. The van der Waals surface area contributed by atoms with Gasteiger partial charge >= 0.3 is 5.97 Å². The van der Waals surface area contributed by atoms with E-state index in [1.165, 1.54) is 44.8 Å². The van der Waals surface area contributed by atoms with Crippen molar-refractivity contribution in [1.29, 1.82) is 0 Å². The first-order valence-corrected chi connectivity index (χ1v) is 7.08. The summed E-state index contributed by atoms with van der Waals surface area (Å²) in [5.41, 5.74) is 1.30. The van der Waals surface area contributed by atoms with Crippen LogP contribution in [0.15, 0.2) is 12.2 Å². The number of hydrogen-bond donors (Lipinski definition) is 0. The van der Waals surface area contributed by atoms with Gasteiger partial charge in [0.2, 0.25) is 0 Å². The van der Waals surface area contributed by atoms with Gasteiger partial charge in [0, 0.05) is 11.8 Å². The average Bonchev–Trinajstić information content (AvgIpc) is 3.16. The Kier molecular flexibility index (Phi) is 5.04. The molecule has 0 saturated heterocycles. The van der Waals surface area contributed by atoms with Gasteiger partial charge in [-0.05, 0) is 25.2 Å². The summed E-state index contributed by atoms with van der Waals surface area (Å²) in [5, 5.41) is 0. The Hall–Kier alpha value is -1.27. The van der Waals surface area contributed by atoms with Crippen LogP contribution in [0.1, 0.15) is 38.5 Å². The Balaban J connectivity index is 1.85. The molecule has 0 bridgehead atoms. The number of esters is 1. The van der Waals surface area contributed by atoms with E-state index in [1.54, 1.807) is 0 Å². The van der Waals surface area contributed by atoms with Crippen molar-refractivity contribution in [3.63, 3.8) is 0 Å². The first kappa shape index (κ1) is 14.1. The Morgan fingerprint density at radius 1 is 1.42 bits per heavy atom. The zero-order chi connectivity index (χ0) is 13.7. The second-order valence-electron chi connectivity index (χ2n) is 5.44. The minimum atomic E-state index is -0.506. The summed E-state index contributed by atoms with van der Waals surface area (Å²) in [5.74, 6) is 5.78. The van der Waals surface area contributed by atoms with Crippen molar-refractivity contribution in [1.82, 2.24) is 0 Å². The molecule has 19 heavy (non-hydrogen) atoms. The molecule has 0 unspecified atom stereocenters. The summed E-state index contributed by atoms with van der Waals surface area (Å²) in [7, 11) is 1.33. The minimum Gasteiger partial charge on any atom is -0.459 e. The molecule has 104 valence electrons. The molecule has 0 amide bonds. The van der Waals surface area contributed by atoms with E-state index >= 15 is 0 Å². The fourth-order valence-electron chi connectivity index (χ4n) is 2.91. The maximum atomic E-state index is 10.9. The van der Waals surface area contributed by atoms with Crippen LogP contribution < -0.4 is 0 Å². The van der Waals surface area contributed by atoms with Gasteiger partial charge in [-0.3, -0.25) is 0 Å². The van der Waals surface area contributed by atoms with Crippen molar-refractivity contribution in [3.8, 4) is 11.8 Å². The van der Waals surface area contributed by atoms with E-state index < -0.39 is 5.97 Å². The van der Waals surface area contributed by atoms with Gasteiger partial charge in [0.05, 0.1) is 13.2 Å². The second kappa shape index (κ2) is 6.77. The summed E-state index contributed by atoms with van der Waals surface area (Å²) in [6.45, 7) is 4.35. The van der Waals surface area contributed by atoms with Gasteiger partial charge in [-0.25, -0.2) is 4.79 Å². The molecule has 0 aromatic carbocycles. The van der Waals surface area contributed by atoms with E-state index in [-0.39, 0.29) is 6.10 Å². The van der Waals surface area contributed by atoms with E-state index in [0.29, 0.717) is 18.4 Å². The molecule has 2 fully saturated rings. The third kappa shape index (κ3) is 4.11. The highest BCUT2D eigenvalue weighted by atomic mass is 16.5. The van der Waals surface area contributed by atoms with Crippen LogP contribution in [0, 0.1) is 23.7 Å². The molecule has 2 aliphatic rings. The molecular weight excluding hydrogens is 240 g/mol. The van der Waals surface area contributed by atoms with Crippen LogP contribution in [0.5, 0.6) is 0 Å². The fraction of sp³-hybridized carbons (Fsp3) is 0.688. The van der Waals surface area contributed by atoms with Crippen molar-refractivity contribution in [2.75, 3.05) is 13.7 Å². The van der Waals surface area contributed by atoms with E-state index in [9.17, 15) is 4.79 Å². The van der Waals surface area contributed by atoms with Gasteiger partial charge in [0.15, 0.2) is 0 Å². The maximum absolute atomic E-state index is 10.9. The van der Waals surface area contributed by atoms with Crippen LogP contribution in [-0.2, 0) is 14.3 Å². The highest BCUT2D eigenvalue weighted by Crippen LogP contribution is 2.45. The van der Waals surface area contributed by atoms with E-state index in [2.05, 4.69) is 23.2 Å². The molecular formula is C16H22O3. The van der Waals surface area contributed by atoms with E-state index in [1.807, 2.05) is 0 Å². The smallest absolute Gasteiger partial charge is 0.384 e. The summed E-state index contributed by atoms with van der Waals surface area (Å²) in [4.78, 5) is 10.9. The number of carbonyl (C=O) groups excluding carboxylic acids is 1. The molecule has 2 atom stereocenters. The van der Waals surface area contributed by atoms with Crippen LogP contribution in [0.25, 0.3) is 0 Å². The fourth-order valence-corrected chi connectivity index (χ4v) is 2.91. The largest absolute Gasteiger partial charge is 0.459 e. The highest BCUT2D eigenvalue weighted by Gasteiger charge is 2.40. The third-order valence-corrected chi connectivity index (χ3v) is 4.08. The molecule has 0 N–H and O–H groups in total. The van der Waals surface area contributed by atoms with Crippen LogP contribution in [0.2, 0.25) is 0 Å². The Labute approximate surface area is 115 Å². The average molecular weight is 262 g/mol. The quantitative estimate of drug-likeness (QED) is 0.338. The van der Waals surface area contributed by atoms with Crippen LogP contribution in [-0.4, -0.2) is 25.8 Å². The lowest BCUT2D eigenvalue weighted by Crippen LogP contribution is -2.28. The topological polar surface area (TPSA) is 35.5 Å². The SMILES string of the molecule is C=C1C[C@H]1[C@H](OCC#CC(=O)OC)C1CCCCC1. The summed E-state index contributed by atoms with van der Waals surface area (Å²) >= 11 is 0. The first-order valence-electron chi connectivity index (χ1n) is 7.08.